The van der Waals surface area contributed by atoms with Crippen molar-refractivity contribution in [2.24, 2.45) is 0 Å². The number of H-pyrrole nitrogens is 2. The largest absolute Gasteiger partial charge is 0.497 e. The van der Waals surface area contributed by atoms with E-state index in [-0.39, 0.29) is 11.5 Å². The van der Waals surface area contributed by atoms with E-state index in [0.29, 0.717) is 24.2 Å². The molecule has 2 aromatic heterocycles. The molecule has 3 N–H and O–H groups in total. The highest BCUT2D eigenvalue weighted by molar-refractivity contribution is 5.95. The third-order valence-electron chi connectivity index (χ3n) is 3.92. The number of fused-ring (bicyclic) bond motifs is 1. The zero-order valence-electron chi connectivity index (χ0n) is 13.6. The summed E-state index contributed by atoms with van der Waals surface area (Å²) in [5.74, 6) is 0.581. The van der Waals surface area contributed by atoms with E-state index in [1.165, 1.54) is 6.07 Å². The van der Waals surface area contributed by atoms with Gasteiger partial charge >= 0.3 is 0 Å². The van der Waals surface area contributed by atoms with Gasteiger partial charge in [0, 0.05) is 28.4 Å². The van der Waals surface area contributed by atoms with E-state index in [4.69, 9.17) is 4.74 Å². The molecule has 6 nitrogen and oxygen atoms in total. The van der Waals surface area contributed by atoms with Gasteiger partial charge < -0.3 is 20.0 Å². The van der Waals surface area contributed by atoms with Gasteiger partial charge in [-0.1, -0.05) is 6.92 Å². The zero-order valence-corrected chi connectivity index (χ0v) is 13.6. The van der Waals surface area contributed by atoms with Gasteiger partial charge in [-0.25, -0.2) is 0 Å². The zero-order chi connectivity index (χ0) is 17.1. The lowest BCUT2D eigenvalue weighted by molar-refractivity contribution is 0.0949. The Kier molecular flexibility index (Phi) is 4.37. The fraction of sp³-hybridized carbons (Fsp3) is 0.222. The number of carbonyl (C=O) groups is 1. The number of methoxy groups -OCH3 is 1. The second-order valence-corrected chi connectivity index (χ2v) is 5.50. The number of aromatic amines is 2. The summed E-state index contributed by atoms with van der Waals surface area (Å²) in [4.78, 5) is 29.7. The molecule has 0 saturated heterocycles. The van der Waals surface area contributed by atoms with Gasteiger partial charge in [-0.15, -0.1) is 0 Å². The first-order valence-electron chi connectivity index (χ1n) is 7.76. The number of nitrogens with one attached hydrogen (secondary N) is 3. The average molecular weight is 325 g/mol. The molecule has 2 heterocycles. The van der Waals surface area contributed by atoms with E-state index in [1.807, 2.05) is 31.2 Å². The minimum Gasteiger partial charge on any atom is -0.497 e. The van der Waals surface area contributed by atoms with Crippen molar-refractivity contribution < 1.29 is 9.53 Å². The Morgan fingerprint density at radius 1 is 1.17 bits per heavy atom. The molecule has 0 aliphatic carbocycles. The standard InChI is InChI=1S/C18H19N3O3/c1-3-15-14(5-7-17(22)21-15)18(23)19-10-12-8-11-9-13(24-2)4-6-16(11)20-12/h4-9,20H,3,10H2,1-2H3,(H,19,23)(H,21,22). The number of rotatable bonds is 5. The molecule has 0 aliphatic heterocycles. The highest BCUT2D eigenvalue weighted by Gasteiger charge is 2.11. The van der Waals surface area contributed by atoms with Crippen LogP contribution in [0, 0.1) is 0 Å². The highest BCUT2D eigenvalue weighted by atomic mass is 16.5. The molecule has 1 aromatic carbocycles. The van der Waals surface area contributed by atoms with E-state index in [2.05, 4.69) is 15.3 Å². The summed E-state index contributed by atoms with van der Waals surface area (Å²) >= 11 is 0. The first-order chi connectivity index (χ1) is 11.6. The second-order valence-electron chi connectivity index (χ2n) is 5.50. The molecule has 6 heteroatoms. The fourth-order valence-corrected chi connectivity index (χ4v) is 2.67. The predicted octanol–water partition coefficient (Wildman–Crippen LogP) is 2.36. The molecule has 0 unspecified atom stereocenters. The van der Waals surface area contributed by atoms with Crippen LogP contribution in [-0.2, 0) is 13.0 Å². The van der Waals surface area contributed by atoms with Crippen LogP contribution in [0.5, 0.6) is 5.75 Å². The minimum atomic E-state index is -0.209. The van der Waals surface area contributed by atoms with Crippen LogP contribution in [0.1, 0.15) is 28.7 Å². The molecule has 0 aliphatic rings. The summed E-state index contributed by atoms with van der Waals surface area (Å²) in [6.07, 6.45) is 0.588. The topological polar surface area (TPSA) is 87.0 Å². The van der Waals surface area contributed by atoms with Gasteiger partial charge in [-0.05, 0) is 36.8 Å². The molecule has 0 radical (unpaired) electrons. The van der Waals surface area contributed by atoms with Crippen molar-refractivity contribution in [2.45, 2.75) is 19.9 Å². The Bertz CT molecular complexity index is 940. The third-order valence-corrected chi connectivity index (χ3v) is 3.92. The molecule has 3 rings (SSSR count). The van der Waals surface area contributed by atoms with Crippen LogP contribution in [0.2, 0.25) is 0 Å². The molecule has 0 bridgehead atoms. The number of pyridine rings is 1. The average Bonchev–Trinajstić information content (AvgIpc) is 3.01. The predicted molar refractivity (Wildman–Crippen MR) is 92.5 cm³/mol. The van der Waals surface area contributed by atoms with Gasteiger partial charge in [-0.3, -0.25) is 9.59 Å². The second kappa shape index (κ2) is 6.62. The fourth-order valence-electron chi connectivity index (χ4n) is 2.67. The molecule has 0 spiro atoms. The van der Waals surface area contributed by atoms with Gasteiger partial charge in [0.1, 0.15) is 5.75 Å². The minimum absolute atomic E-state index is 0.201. The molecule has 0 fully saturated rings. The number of amides is 1. The van der Waals surface area contributed by atoms with Gasteiger partial charge in [-0.2, -0.15) is 0 Å². The number of carbonyl (C=O) groups excluding carboxylic acids is 1. The monoisotopic (exact) mass is 325 g/mol. The van der Waals surface area contributed by atoms with Crippen LogP contribution in [0.15, 0.2) is 41.2 Å². The van der Waals surface area contributed by atoms with Crippen molar-refractivity contribution in [3.05, 3.63) is 63.7 Å². The Balaban J connectivity index is 1.75. The first-order valence-corrected chi connectivity index (χ1v) is 7.76. The highest BCUT2D eigenvalue weighted by Crippen LogP contribution is 2.21. The number of benzene rings is 1. The quantitative estimate of drug-likeness (QED) is 0.673. The van der Waals surface area contributed by atoms with Gasteiger partial charge in [0.15, 0.2) is 0 Å². The maximum absolute atomic E-state index is 12.4. The molecule has 24 heavy (non-hydrogen) atoms. The van der Waals surface area contributed by atoms with E-state index in [1.54, 1.807) is 13.2 Å². The van der Waals surface area contributed by atoms with E-state index in [9.17, 15) is 9.59 Å². The summed E-state index contributed by atoms with van der Waals surface area (Å²) in [5, 5.41) is 3.90. The summed E-state index contributed by atoms with van der Waals surface area (Å²) in [6.45, 7) is 2.27. The van der Waals surface area contributed by atoms with Crippen molar-refractivity contribution in [1.82, 2.24) is 15.3 Å². The molecule has 1 amide bonds. The molecule has 124 valence electrons. The maximum Gasteiger partial charge on any atom is 0.253 e. The van der Waals surface area contributed by atoms with E-state index >= 15 is 0 Å². The van der Waals surface area contributed by atoms with Crippen molar-refractivity contribution in [3.63, 3.8) is 0 Å². The number of aromatic nitrogens is 2. The summed E-state index contributed by atoms with van der Waals surface area (Å²) in [6, 6.07) is 10.7. The summed E-state index contributed by atoms with van der Waals surface area (Å²) in [5.41, 5.74) is 2.82. The number of hydrogen-bond acceptors (Lipinski definition) is 3. The van der Waals surface area contributed by atoms with Gasteiger partial charge in [0.25, 0.3) is 5.91 Å². The number of aryl methyl sites for hydroxylation is 1. The van der Waals surface area contributed by atoms with Crippen molar-refractivity contribution in [1.29, 1.82) is 0 Å². The lowest BCUT2D eigenvalue weighted by atomic mass is 10.1. The molecule has 3 aromatic rings. The lowest BCUT2D eigenvalue weighted by Crippen LogP contribution is -2.25. The van der Waals surface area contributed by atoms with Gasteiger partial charge in [0.05, 0.1) is 19.2 Å². The maximum atomic E-state index is 12.4. The van der Waals surface area contributed by atoms with Crippen LogP contribution < -0.4 is 15.6 Å². The Morgan fingerprint density at radius 2 is 2.00 bits per heavy atom. The first kappa shape index (κ1) is 15.9. The lowest BCUT2D eigenvalue weighted by Gasteiger charge is -2.07. The molecule has 0 atom stereocenters. The van der Waals surface area contributed by atoms with Crippen LogP contribution in [0.4, 0.5) is 0 Å². The smallest absolute Gasteiger partial charge is 0.253 e. The Hall–Kier alpha value is -3.02. The summed E-state index contributed by atoms with van der Waals surface area (Å²) < 4.78 is 5.21. The molecular weight excluding hydrogens is 306 g/mol. The van der Waals surface area contributed by atoms with Crippen molar-refractivity contribution >= 4 is 16.8 Å². The number of hydrogen-bond donors (Lipinski definition) is 3. The van der Waals surface area contributed by atoms with Crippen LogP contribution in [0.25, 0.3) is 10.9 Å². The SMILES string of the molecule is CCc1[nH]c(=O)ccc1C(=O)NCc1cc2cc(OC)ccc2[nH]1. The van der Waals surface area contributed by atoms with Crippen LogP contribution >= 0.6 is 0 Å². The van der Waals surface area contributed by atoms with Crippen LogP contribution in [0.3, 0.4) is 0 Å². The van der Waals surface area contributed by atoms with Crippen molar-refractivity contribution in [3.8, 4) is 5.75 Å². The summed E-state index contributed by atoms with van der Waals surface area (Å²) in [7, 11) is 1.63. The Morgan fingerprint density at radius 3 is 2.75 bits per heavy atom. The molecule has 0 saturated carbocycles. The normalized spacial score (nSPS) is 10.8. The van der Waals surface area contributed by atoms with E-state index < -0.39 is 0 Å². The third kappa shape index (κ3) is 3.17. The van der Waals surface area contributed by atoms with Crippen LogP contribution in [-0.4, -0.2) is 23.0 Å². The molecular formula is C18H19N3O3. The van der Waals surface area contributed by atoms with Crippen molar-refractivity contribution in [2.75, 3.05) is 7.11 Å². The number of ether oxygens (including phenoxy) is 1. The van der Waals surface area contributed by atoms with E-state index in [0.717, 1.165) is 22.3 Å². The Labute approximate surface area is 138 Å². The van der Waals surface area contributed by atoms with Gasteiger partial charge in [0.2, 0.25) is 5.56 Å².